The largest absolute Gasteiger partial charge is 0.309 e. The third-order valence-corrected chi connectivity index (χ3v) is 2.46. The van der Waals surface area contributed by atoms with Crippen molar-refractivity contribution < 1.29 is 8.78 Å². The maximum Gasteiger partial charge on any atom is 0.160 e. The van der Waals surface area contributed by atoms with Crippen molar-refractivity contribution in [3.8, 4) is 5.69 Å². The van der Waals surface area contributed by atoms with Crippen LogP contribution in [0.25, 0.3) is 5.69 Å². The molecule has 4 nitrogen and oxygen atoms in total. The van der Waals surface area contributed by atoms with Crippen molar-refractivity contribution in [2.45, 2.75) is 26.4 Å². The maximum atomic E-state index is 13.2. The number of halogens is 2. The van der Waals surface area contributed by atoms with Crippen molar-refractivity contribution >= 4 is 0 Å². The Morgan fingerprint density at radius 2 is 2.06 bits per heavy atom. The summed E-state index contributed by atoms with van der Waals surface area (Å²) in [6.45, 7) is 4.60. The number of nitrogens with one attached hydrogen (secondary N) is 1. The van der Waals surface area contributed by atoms with E-state index in [1.807, 2.05) is 13.8 Å². The molecule has 0 radical (unpaired) electrons. The van der Waals surface area contributed by atoms with Crippen molar-refractivity contribution in [3.05, 3.63) is 41.7 Å². The minimum Gasteiger partial charge on any atom is -0.309 e. The Kier molecular flexibility index (Phi) is 3.66. The van der Waals surface area contributed by atoms with Gasteiger partial charge in [0.15, 0.2) is 11.6 Å². The molecule has 0 aliphatic heterocycles. The second-order valence-electron chi connectivity index (χ2n) is 4.27. The van der Waals surface area contributed by atoms with E-state index in [1.54, 1.807) is 6.20 Å². The van der Waals surface area contributed by atoms with Gasteiger partial charge >= 0.3 is 0 Å². The predicted octanol–water partition coefficient (Wildman–Crippen LogP) is 2.04. The standard InChI is InChI=1S/C12H14F2N4/c1-8(2)15-6-10-7-16-17-18(10)9-3-4-11(13)12(14)5-9/h3-5,7-8,15H,6H2,1-2H3. The van der Waals surface area contributed by atoms with Gasteiger partial charge in [0.2, 0.25) is 0 Å². The van der Waals surface area contributed by atoms with Crippen LogP contribution in [0.2, 0.25) is 0 Å². The minimum atomic E-state index is -0.897. The zero-order valence-corrected chi connectivity index (χ0v) is 10.2. The number of nitrogens with zero attached hydrogens (tertiary/aromatic N) is 3. The van der Waals surface area contributed by atoms with Gasteiger partial charge in [0.25, 0.3) is 0 Å². The molecule has 2 rings (SSSR count). The Labute approximate surface area is 104 Å². The normalized spacial score (nSPS) is 11.2. The van der Waals surface area contributed by atoms with Crippen molar-refractivity contribution in [3.63, 3.8) is 0 Å². The lowest BCUT2D eigenvalue weighted by Crippen LogP contribution is -2.23. The fourth-order valence-corrected chi connectivity index (χ4v) is 1.52. The van der Waals surface area contributed by atoms with E-state index in [-0.39, 0.29) is 0 Å². The summed E-state index contributed by atoms with van der Waals surface area (Å²) in [5, 5.41) is 10.9. The summed E-state index contributed by atoms with van der Waals surface area (Å²) in [6, 6.07) is 3.96. The summed E-state index contributed by atoms with van der Waals surface area (Å²) < 4.78 is 27.5. The number of hydrogen-bond acceptors (Lipinski definition) is 3. The molecule has 6 heteroatoms. The third-order valence-electron chi connectivity index (χ3n) is 2.46. The molecule has 0 aliphatic carbocycles. The SMILES string of the molecule is CC(C)NCc1cnnn1-c1ccc(F)c(F)c1. The van der Waals surface area contributed by atoms with E-state index in [2.05, 4.69) is 15.6 Å². The lowest BCUT2D eigenvalue weighted by Gasteiger charge is -2.09. The second kappa shape index (κ2) is 5.22. The Bertz CT molecular complexity index is 537. The van der Waals surface area contributed by atoms with Crippen LogP contribution in [-0.2, 0) is 6.54 Å². The monoisotopic (exact) mass is 252 g/mol. The Morgan fingerprint density at radius 1 is 1.28 bits per heavy atom. The fraction of sp³-hybridized carbons (Fsp3) is 0.333. The van der Waals surface area contributed by atoms with Crippen molar-refractivity contribution in [1.82, 2.24) is 20.3 Å². The molecule has 1 aromatic carbocycles. The Balaban J connectivity index is 2.27. The molecule has 0 atom stereocenters. The molecule has 0 aliphatic rings. The van der Waals surface area contributed by atoms with Crippen molar-refractivity contribution in [1.29, 1.82) is 0 Å². The summed E-state index contributed by atoms with van der Waals surface area (Å²) in [7, 11) is 0. The van der Waals surface area contributed by atoms with Crippen molar-refractivity contribution in [2.75, 3.05) is 0 Å². The number of rotatable bonds is 4. The van der Waals surface area contributed by atoms with Crippen LogP contribution in [0.4, 0.5) is 8.78 Å². The van der Waals surface area contributed by atoms with Gasteiger partial charge in [-0.3, -0.25) is 0 Å². The van der Waals surface area contributed by atoms with E-state index < -0.39 is 11.6 Å². The summed E-state index contributed by atoms with van der Waals surface area (Å²) in [6.07, 6.45) is 1.59. The molecule has 0 amide bonds. The first-order chi connectivity index (χ1) is 8.58. The zero-order valence-electron chi connectivity index (χ0n) is 10.2. The molecule has 1 aromatic heterocycles. The third kappa shape index (κ3) is 2.70. The quantitative estimate of drug-likeness (QED) is 0.905. The molecular formula is C12H14F2N4. The molecule has 0 unspecified atom stereocenters. The van der Waals surface area contributed by atoms with Gasteiger partial charge in [0.05, 0.1) is 17.6 Å². The van der Waals surface area contributed by atoms with Crippen LogP contribution < -0.4 is 5.32 Å². The van der Waals surface area contributed by atoms with Gasteiger partial charge in [0, 0.05) is 18.7 Å². The van der Waals surface area contributed by atoms with Gasteiger partial charge in [-0.25, -0.2) is 13.5 Å². The molecule has 0 fully saturated rings. The summed E-state index contributed by atoms with van der Waals surface area (Å²) in [5.74, 6) is -1.77. The molecule has 0 spiro atoms. The highest BCUT2D eigenvalue weighted by molar-refractivity contribution is 5.33. The summed E-state index contributed by atoms with van der Waals surface area (Å²) in [5.41, 5.74) is 1.24. The van der Waals surface area contributed by atoms with Gasteiger partial charge in [-0.1, -0.05) is 19.1 Å². The predicted molar refractivity (Wildman–Crippen MR) is 63.3 cm³/mol. The molecule has 0 bridgehead atoms. The number of hydrogen-bond donors (Lipinski definition) is 1. The topological polar surface area (TPSA) is 42.7 Å². The van der Waals surface area contributed by atoms with E-state index in [4.69, 9.17) is 0 Å². The van der Waals surface area contributed by atoms with Crippen LogP contribution in [0.15, 0.2) is 24.4 Å². The van der Waals surface area contributed by atoms with Crippen LogP contribution in [0.5, 0.6) is 0 Å². The molecular weight excluding hydrogens is 238 g/mol. The van der Waals surface area contributed by atoms with Gasteiger partial charge in [0.1, 0.15) is 0 Å². The van der Waals surface area contributed by atoms with E-state index in [0.29, 0.717) is 18.3 Å². The second-order valence-corrected chi connectivity index (χ2v) is 4.27. The molecule has 0 saturated heterocycles. The first-order valence-electron chi connectivity index (χ1n) is 5.66. The highest BCUT2D eigenvalue weighted by Gasteiger charge is 2.09. The lowest BCUT2D eigenvalue weighted by atomic mass is 10.3. The van der Waals surface area contributed by atoms with Crippen LogP contribution in [-0.4, -0.2) is 21.0 Å². The number of aromatic nitrogens is 3. The molecule has 18 heavy (non-hydrogen) atoms. The highest BCUT2D eigenvalue weighted by atomic mass is 19.2. The van der Waals surface area contributed by atoms with Gasteiger partial charge in [-0.15, -0.1) is 5.10 Å². The van der Waals surface area contributed by atoms with Crippen molar-refractivity contribution in [2.24, 2.45) is 0 Å². The van der Waals surface area contributed by atoms with Crippen LogP contribution in [0.1, 0.15) is 19.5 Å². The Morgan fingerprint density at radius 3 is 2.72 bits per heavy atom. The van der Waals surface area contributed by atoms with E-state index in [9.17, 15) is 8.78 Å². The van der Waals surface area contributed by atoms with Crippen LogP contribution >= 0.6 is 0 Å². The maximum absolute atomic E-state index is 13.2. The van der Waals surface area contributed by atoms with E-state index in [0.717, 1.165) is 17.8 Å². The average Bonchev–Trinajstić information content (AvgIpc) is 2.78. The first-order valence-corrected chi connectivity index (χ1v) is 5.66. The average molecular weight is 252 g/mol. The Hall–Kier alpha value is -1.82. The minimum absolute atomic E-state index is 0.318. The first kappa shape index (κ1) is 12.6. The summed E-state index contributed by atoms with van der Waals surface area (Å²) >= 11 is 0. The zero-order chi connectivity index (χ0) is 13.1. The number of benzene rings is 1. The van der Waals surface area contributed by atoms with Gasteiger partial charge in [-0.2, -0.15) is 0 Å². The van der Waals surface area contributed by atoms with Crippen LogP contribution in [0.3, 0.4) is 0 Å². The molecule has 1 N–H and O–H groups in total. The fourth-order valence-electron chi connectivity index (χ4n) is 1.52. The smallest absolute Gasteiger partial charge is 0.160 e. The van der Waals surface area contributed by atoms with E-state index >= 15 is 0 Å². The van der Waals surface area contributed by atoms with E-state index in [1.165, 1.54) is 10.7 Å². The molecule has 96 valence electrons. The molecule has 2 aromatic rings. The summed E-state index contributed by atoms with van der Waals surface area (Å²) in [4.78, 5) is 0. The molecule has 0 saturated carbocycles. The lowest BCUT2D eigenvalue weighted by molar-refractivity contribution is 0.506. The van der Waals surface area contributed by atoms with Gasteiger partial charge in [-0.05, 0) is 12.1 Å². The van der Waals surface area contributed by atoms with Crippen LogP contribution in [0, 0.1) is 11.6 Å². The van der Waals surface area contributed by atoms with Gasteiger partial charge < -0.3 is 5.32 Å². The molecule has 1 heterocycles. The highest BCUT2D eigenvalue weighted by Crippen LogP contribution is 2.13.